The van der Waals surface area contributed by atoms with Gasteiger partial charge in [0.25, 0.3) is 9.05 Å². The number of hydrogen-bond acceptors (Lipinski definition) is 7. The minimum atomic E-state index is -3.55. The van der Waals surface area contributed by atoms with E-state index in [-0.39, 0.29) is 11.0 Å². The first-order valence-corrected chi connectivity index (χ1v) is 14.4. The van der Waals surface area contributed by atoms with Crippen molar-refractivity contribution in [1.82, 2.24) is 9.80 Å². The third kappa shape index (κ3) is 8.76. The van der Waals surface area contributed by atoms with Crippen LogP contribution in [0.25, 0.3) is 0 Å². The molecule has 33 heavy (non-hydrogen) atoms. The van der Waals surface area contributed by atoms with Crippen LogP contribution < -0.4 is 0 Å². The van der Waals surface area contributed by atoms with Crippen LogP contribution in [0.15, 0.2) is 29.2 Å². The molecule has 7 nitrogen and oxygen atoms in total. The van der Waals surface area contributed by atoms with Crippen molar-refractivity contribution in [2.45, 2.75) is 62.6 Å². The van der Waals surface area contributed by atoms with Crippen LogP contribution in [0, 0.1) is 12.8 Å². The van der Waals surface area contributed by atoms with Gasteiger partial charge in [0.15, 0.2) is 0 Å². The highest BCUT2D eigenvalue weighted by Crippen LogP contribution is 2.31. The van der Waals surface area contributed by atoms with Gasteiger partial charge in [-0.2, -0.15) is 0 Å². The maximum absolute atomic E-state index is 10.7. The SMILES string of the molecule is CC1CC(N2CCOCC2)C1.Cc1ccc(S(=O)(=O)Cl)cc1.OC1CC(N2CCOCC2)C1. The highest BCUT2D eigenvalue weighted by Gasteiger charge is 2.33. The Kier molecular flexibility index (Phi) is 10.4. The van der Waals surface area contributed by atoms with Gasteiger partial charge in [0.05, 0.1) is 37.4 Å². The van der Waals surface area contributed by atoms with Gasteiger partial charge in [-0.3, -0.25) is 9.80 Å². The van der Waals surface area contributed by atoms with Crippen LogP contribution >= 0.6 is 10.7 Å². The van der Waals surface area contributed by atoms with E-state index in [2.05, 4.69) is 16.7 Å². The molecule has 2 saturated carbocycles. The molecular weight excluding hydrogens is 464 g/mol. The lowest BCUT2D eigenvalue weighted by molar-refractivity contribution is -0.0451. The van der Waals surface area contributed by atoms with Crippen LogP contribution in [-0.2, 0) is 18.5 Å². The Hall–Kier alpha value is -0.740. The molecular formula is C24H39ClN2O5S. The molecule has 5 rings (SSSR count). The Morgan fingerprint density at radius 3 is 1.64 bits per heavy atom. The average Bonchev–Trinajstić information content (AvgIpc) is 2.77. The van der Waals surface area contributed by atoms with Crippen molar-refractivity contribution in [3.8, 4) is 0 Å². The number of halogens is 1. The lowest BCUT2D eigenvalue weighted by Gasteiger charge is -2.43. The van der Waals surface area contributed by atoms with E-state index in [1.165, 1.54) is 25.0 Å². The second kappa shape index (κ2) is 12.8. The standard InChI is InChI=1S/C9H17NO.C8H15NO2.C7H7ClO2S/c1-8-6-9(7-8)10-2-4-11-5-3-10;10-8-5-7(6-8)9-1-3-11-4-2-9;1-6-2-4-7(5-3-6)11(8,9)10/h8-9H,2-7H2,1H3;7-8,10H,1-6H2;2-5H,1H3. The summed E-state index contributed by atoms with van der Waals surface area (Å²) in [6.07, 6.45) is 4.75. The van der Waals surface area contributed by atoms with E-state index in [0.717, 1.165) is 83.0 Å². The lowest BCUT2D eigenvalue weighted by Crippen LogP contribution is -2.51. The van der Waals surface area contributed by atoms with Crippen molar-refractivity contribution in [1.29, 1.82) is 0 Å². The second-order valence-electron chi connectivity index (χ2n) is 9.56. The fraction of sp³-hybridized carbons (Fsp3) is 0.750. The van der Waals surface area contributed by atoms with Gasteiger partial charge in [-0.15, -0.1) is 0 Å². The maximum Gasteiger partial charge on any atom is 0.261 e. The molecule has 2 aliphatic heterocycles. The lowest BCUT2D eigenvalue weighted by atomic mass is 9.81. The Bertz CT molecular complexity index is 767. The molecule has 1 aromatic carbocycles. The summed E-state index contributed by atoms with van der Waals surface area (Å²) in [5, 5.41) is 9.09. The van der Waals surface area contributed by atoms with E-state index in [0.29, 0.717) is 6.04 Å². The van der Waals surface area contributed by atoms with Gasteiger partial charge in [-0.25, -0.2) is 8.42 Å². The smallest absolute Gasteiger partial charge is 0.261 e. The molecule has 1 aromatic rings. The Morgan fingerprint density at radius 2 is 1.27 bits per heavy atom. The molecule has 2 aliphatic carbocycles. The molecule has 188 valence electrons. The molecule has 0 aromatic heterocycles. The maximum atomic E-state index is 10.7. The zero-order valence-corrected chi connectivity index (χ0v) is 21.4. The summed E-state index contributed by atoms with van der Waals surface area (Å²) in [5.74, 6) is 0.975. The van der Waals surface area contributed by atoms with Gasteiger partial charge in [-0.05, 0) is 50.7 Å². The molecule has 0 amide bonds. The first kappa shape index (κ1) is 26.9. The fourth-order valence-electron chi connectivity index (χ4n) is 4.60. The number of morpholine rings is 2. The van der Waals surface area contributed by atoms with Gasteiger partial charge < -0.3 is 14.6 Å². The third-order valence-electron chi connectivity index (χ3n) is 6.86. The molecule has 0 bridgehead atoms. The minimum Gasteiger partial charge on any atom is -0.393 e. The number of hydrogen-bond donors (Lipinski definition) is 1. The van der Waals surface area contributed by atoms with Crippen molar-refractivity contribution in [3.05, 3.63) is 29.8 Å². The van der Waals surface area contributed by atoms with Crippen LogP contribution in [0.3, 0.4) is 0 Å². The number of aliphatic hydroxyl groups excluding tert-OH is 1. The van der Waals surface area contributed by atoms with Crippen LogP contribution in [0.1, 0.15) is 38.2 Å². The highest BCUT2D eigenvalue weighted by atomic mass is 35.7. The van der Waals surface area contributed by atoms with Crippen molar-refractivity contribution in [2.24, 2.45) is 5.92 Å². The third-order valence-corrected chi connectivity index (χ3v) is 8.23. The van der Waals surface area contributed by atoms with Crippen molar-refractivity contribution >= 4 is 19.7 Å². The van der Waals surface area contributed by atoms with Crippen LogP contribution in [0.4, 0.5) is 0 Å². The summed E-state index contributed by atoms with van der Waals surface area (Å²) in [4.78, 5) is 5.16. The zero-order valence-electron chi connectivity index (χ0n) is 19.9. The summed E-state index contributed by atoms with van der Waals surface area (Å²) in [7, 11) is 1.54. The molecule has 0 unspecified atom stereocenters. The summed E-state index contributed by atoms with van der Waals surface area (Å²) >= 11 is 0. The minimum absolute atomic E-state index is 0.0251. The van der Waals surface area contributed by atoms with Crippen molar-refractivity contribution < 1.29 is 23.0 Å². The summed E-state index contributed by atoms with van der Waals surface area (Å²) < 4.78 is 32.0. The first-order chi connectivity index (χ1) is 15.7. The molecule has 4 fully saturated rings. The molecule has 0 atom stereocenters. The first-order valence-electron chi connectivity index (χ1n) is 12.1. The highest BCUT2D eigenvalue weighted by molar-refractivity contribution is 8.13. The Labute approximate surface area is 203 Å². The van der Waals surface area contributed by atoms with Crippen LogP contribution in [0.2, 0.25) is 0 Å². The predicted octanol–water partition coefficient (Wildman–Crippen LogP) is 2.88. The Balaban J connectivity index is 0.000000139. The fourth-order valence-corrected chi connectivity index (χ4v) is 5.37. The van der Waals surface area contributed by atoms with E-state index < -0.39 is 9.05 Å². The molecule has 0 radical (unpaired) electrons. The molecule has 4 aliphatic rings. The van der Waals surface area contributed by atoms with E-state index >= 15 is 0 Å². The van der Waals surface area contributed by atoms with E-state index in [4.69, 9.17) is 25.3 Å². The van der Waals surface area contributed by atoms with Gasteiger partial charge in [0.2, 0.25) is 0 Å². The molecule has 1 N–H and O–H groups in total. The normalized spacial score (nSPS) is 30.5. The van der Waals surface area contributed by atoms with Crippen molar-refractivity contribution in [2.75, 3.05) is 52.6 Å². The average molecular weight is 503 g/mol. The predicted molar refractivity (Wildman–Crippen MR) is 130 cm³/mol. The number of ether oxygens (including phenoxy) is 2. The van der Waals surface area contributed by atoms with Crippen LogP contribution in [-0.4, -0.2) is 94.1 Å². The Morgan fingerprint density at radius 1 is 0.848 bits per heavy atom. The van der Waals surface area contributed by atoms with Gasteiger partial charge >= 0.3 is 0 Å². The summed E-state index contributed by atoms with van der Waals surface area (Å²) in [6, 6.07) is 7.92. The summed E-state index contributed by atoms with van der Waals surface area (Å²) in [6.45, 7) is 12.3. The zero-order chi connectivity index (χ0) is 23.8. The van der Waals surface area contributed by atoms with Crippen molar-refractivity contribution in [3.63, 3.8) is 0 Å². The number of nitrogens with zero attached hydrogens (tertiary/aromatic N) is 2. The second-order valence-corrected chi connectivity index (χ2v) is 12.1. The van der Waals surface area contributed by atoms with Crippen LogP contribution in [0.5, 0.6) is 0 Å². The number of benzene rings is 1. The molecule has 0 spiro atoms. The van der Waals surface area contributed by atoms with Gasteiger partial charge in [0.1, 0.15) is 0 Å². The number of aliphatic hydroxyl groups is 1. The monoisotopic (exact) mass is 502 g/mol. The topological polar surface area (TPSA) is 79.3 Å². The van der Waals surface area contributed by atoms with Gasteiger partial charge in [-0.1, -0.05) is 24.6 Å². The molecule has 2 heterocycles. The molecule has 2 saturated heterocycles. The van der Waals surface area contributed by atoms with E-state index in [1.54, 1.807) is 12.1 Å². The van der Waals surface area contributed by atoms with E-state index in [1.807, 2.05) is 6.92 Å². The quantitative estimate of drug-likeness (QED) is 0.636. The largest absolute Gasteiger partial charge is 0.393 e. The summed E-state index contributed by atoms with van der Waals surface area (Å²) in [5.41, 5.74) is 1.01. The number of aryl methyl sites for hydroxylation is 1. The van der Waals surface area contributed by atoms with E-state index in [9.17, 15) is 8.42 Å². The van der Waals surface area contributed by atoms with Gasteiger partial charge in [0, 0.05) is 48.9 Å². The molecule has 9 heteroatoms. The number of rotatable bonds is 3.